The normalized spacial score (nSPS) is 13.1. The van der Waals surface area contributed by atoms with Crippen LogP contribution in [0.25, 0.3) is 21.9 Å². The fraction of sp³-hybridized carbons (Fsp3) is 0.476. The van der Waals surface area contributed by atoms with Gasteiger partial charge in [-0.1, -0.05) is 39.0 Å². The maximum Gasteiger partial charge on any atom is 0.404 e. The van der Waals surface area contributed by atoms with Gasteiger partial charge < -0.3 is 26.5 Å². The average molecular weight is 399 g/mol. The van der Waals surface area contributed by atoms with Crippen LogP contribution in [0, 0.1) is 5.41 Å². The number of carbonyl (C=O) groups excluding carboxylic acids is 1. The lowest BCUT2D eigenvalue weighted by Gasteiger charge is -2.30. The molecule has 6 N–H and O–H groups in total. The highest BCUT2D eigenvalue weighted by Crippen LogP contribution is 2.40. The summed E-state index contributed by atoms with van der Waals surface area (Å²) in [4.78, 5) is 20.5. The number of pyridine rings is 1. The lowest BCUT2D eigenvalue weighted by Crippen LogP contribution is -2.25. The first-order chi connectivity index (χ1) is 13.7. The predicted molar refractivity (Wildman–Crippen MR) is 115 cm³/mol. The van der Waals surface area contributed by atoms with Crippen molar-refractivity contribution in [2.24, 2.45) is 16.9 Å². The summed E-state index contributed by atoms with van der Waals surface area (Å²) in [5, 5.41) is 1.01. The van der Waals surface area contributed by atoms with Gasteiger partial charge in [-0.15, -0.1) is 0 Å². The van der Waals surface area contributed by atoms with Crippen LogP contribution in [0.3, 0.4) is 0 Å². The smallest absolute Gasteiger partial charge is 0.404 e. The third-order valence-corrected chi connectivity index (χ3v) is 5.23. The second-order valence-corrected chi connectivity index (χ2v) is 8.35. The molecule has 0 aliphatic rings. The molecule has 8 nitrogen and oxygen atoms in total. The Morgan fingerprint density at radius 1 is 1.24 bits per heavy atom. The van der Waals surface area contributed by atoms with Gasteiger partial charge >= 0.3 is 6.09 Å². The van der Waals surface area contributed by atoms with Crippen molar-refractivity contribution in [3.8, 4) is 0 Å². The van der Waals surface area contributed by atoms with E-state index in [0.717, 1.165) is 35.2 Å². The second-order valence-electron chi connectivity index (χ2n) is 8.35. The van der Waals surface area contributed by atoms with E-state index in [0.29, 0.717) is 24.3 Å². The van der Waals surface area contributed by atoms with Gasteiger partial charge in [0.1, 0.15) is 11.3 Å². The number of hydrogen-bond acceptors (Lipinski definition) is 6. The number of para-hydroxylation sites is 1. The Morgan fingerprint density at radius 2 is 1.97 bits per heavy atom. The van der Waals surface area contributed by atoms with Crippen molar-refractivity contribution in [3.05, 3.63) is 30.1 Å². The Labute approximate surface area is 170 Å². The third kappa shape index (κ3) is 4.27. The van der Waals surface area contributed by atoms with E-state index in [9.17, 15) is 4.79 Å². The Morgan fingerprint density at radius 3 is 2.62 bits per heavy atom. The molecule has 0 aliphatic carbocycles. The topological polar surface area (TPSA) is 135 Å². The van der Waals surface area contributed by atoms with Gasteiger partial charge in [0, 0.05) is 17.8 Å². The monoisotopic (exact) mass is 398 g/mol. The van der Waals surface area contributed by atoms with Crippen molar-refractivity contribution in [3.63, 3.8) is 0 Å². The lowest BCUT2D eigenvalue weighted by molar-refractivity contribution is 0.142. The fourth-order valence-corrected chi connectivity index (χ4v) is 3.84. The van der Waals surface area contributed by atoms with E-state index in [1.165, 1.54) is 0 Å². The number of nitrogen functional groups attached to an aromatic ring is 1. The molecule has 0 bridgehead atoms. The van der Waals surface area contributed by atoms with Gasteiger partial charge in [0.25, 0.3) is 0 Å². The molecule has 2 heterocycles. The molecule has 8 heteroatoms. The summed E-state index contributed by atoms with van der Waals surface area (Å²) in [7, 11) is 0. The number of primary amides is 1. The molecule has 3 aromatic rings. The highest BCUT2D eigenvalue weighted by Gasteiger charge is 2.32. The summed E-state index contributed by atoms with van der Waals surface area (Å²) in [6, 6.07) is 7.92. The molecule has 1 unspecified atom stereocenters. The van der Waals surface area contributed by atoms with Gasteiger partial charge in [0.2, 0.25) is 0 Å². The highest BCUT2D eigenvalue weighted by atomic mass is 16.5. The van der Waals surface area contributed by atoms with E-state index in [1.807, 2.05) is 24.3 Å². The van der Waals surface area contributed by atoms with Gasteiger partial charge in [0.05, 0.1) is 17.6 Å². The number of aryl methyl sites for hydroxylation is 1. The van der Waals surface area contributed by atoms with Crippen LogP contribution in [0.2, 0.25) is 0 Å². The number of anilines is 1. The summed E-state index contributed by atoms with van der Waals surface area (Å²) in [6.07, 6.45) is 0.640. The number of hydrogen-bond donors (Lipinski definition) is 3. The summed E-state index contributed by atoms with van der Waals surface area (Å²) < 4.78 is 7.23. The first kappa shape index (κ1) is 20.9. The quantitative estimate of drug-likeness (QED) is 0.559. The van der Waals surface area contributed by atoms with Gasteiger partial charge in [-0.3, -0.25) is 0 Å². The minimum Gasteiger partial charge on any atom is -0.450 e. The number of benzene rings is 1. The van der Waals surface area contributed by atoms with E-state index in [-0.39, 0.29) is 17.9 Å². The van der Waals surface area contributed by atoms with Crippen LogP contribution in [0.5, 0.6) is 0 Å². The number of rotatable bonds is 7. The van der Waals surface area contributed by atoms with Gasteiger partial charge in [0.15, 0.2) is 5.82 Å². The predicted octanol–water partition coefficient (Wildman–Crippen LogP) is 3.13. The first-order valence-electron chi connectivity index (χ1n) is 9.90. The first-order valence-corrected chi connectivity index (χ1v) is 9.90. The van der Waals surface area contributed by atoms with Crippen molar-refractivity contribution in [2.45, 2.75) is 46.1 Å². The number of imidazole rings is 1. The van der Waals surface area contributed by atoms with Crippen molar-refractivity contribution >= 4 is 33.8 Å². The zero-order chi connectivity index (χ0) is 21.2. The maximum absolute atomic E-state index is 11.0. The van der Waals surface area contributed by atoms with Crippen LogP contribution < -0.4 is 17.2 Å². The second kappa shape index (κ2) is 8.24. The molecule has 0 radical (unpaired) electrons. The van der Waals surface area contributed by atoms with E-state index in [1.54, 1.807) is 0 Å². The number of carbonyl (C=O) groups is 1. The Bertz CT molecular complexity index is 1020. The molecular formula is C21H30N6O2. The SMILES string of the molecule is CC(C)(C)C(CCOC(N)=O)c1nc2c(N)nc3ccccc3c2n1CCCN. The fourth-order valence-electron chi connectivity index (χ4n) is 3.84. The minimum atomic E-state index is -0.770. The summed E-state index contributed by atoms with van der Waals surface area (Å²) in [5.41, 5.74) is 19.6. The molecule has 0 saturated heterocycles. The third-order valence-electron chi connectivity index (χ3n) is 5.23. The van der Waals surface area contributed by atoms with E-state index < -0.39 is 6.09 Å². The summed E-state index contributed by atoms with van der Waals surface area (Å²) in [5.74, 6) is 1.33. The Hall–Kier alpha value is -2.87. The van der Waals surface area contributed by atoms with Crippen LogP contribution in [0.4, 0.5) is 10.6 Å². The number of fused-ring (bicyclic) bond motifs is 3. The molecule has 0 aliphatic heterocycles. The lowest BCUT2D eigenvalue weighted by atomic mass is 9.78. The molecule has 1 atom stereocenters. The van der Waals surface area contributed by atoms with Gasteiger partial charge in [-0.2, -0.15) is 0 Å². The standard InChI is InChI=1S/C21H30N6O2/c1-21(2,3)14(9-12-29-20(24)28)19-26-16-17(27(19)11-6-10-22)13-7-4-5-8-15(13)25-18(16)23/h4-5,7-8,14H,6,9-12,22H2,1-3H3,(H2,23,25)(H2,24,28). The molecule has 156 valence electrons. The molecule has 29 heavy (non-hydrogen) atoms. The van der Waals surface area contributed by atoms with Crippen molar-refractivity contribution < 1.29 is 9.53 Å². The number of nitrogens with two attached hydrogens (primary N) is 3. The van der Waals surface area contributed by atoms with Gasteiger partial charge in [-0.05, 0) is 30.9 Å². The molecule has 0 saturated carbocycles. The molecule has 2 aromatic heterocycles. The molecule has 1 aromatic carbocycles. The number of ether oxygens (including phenoxy) is 1. The number of amides is 1. The van der Waals surface area contributed by atoms with Crippen molar-refractivity contribution in [1.82, 2.24) is 14.5 Å². The summed E-state index contributed by atoms with van der Waals surface area (Å²) in [6.45, 7) is 7.96. The molecule has 1 amide bonds. The minimum absolute atomic E-state index is 0.0187. The van der Waals surface area contributed by atoms with Crippen LogP contribution in [0.15, 0.2) is 24.3 Å². The van der Waals surface area contributed by atoms with Crippen LogP contribution in [0.1, 0.15) is 45.4 Å². The Balaban J connectivity index is 2.22. The van der Waals surface area contributed by atoms with E-state index in [2.05, 4.69) is 30.3 Å². The molecule has 0 fully saturated rings. The Kier molecular flexibility index (Phi) is 5.93. The zero-order valence-electron chi connectivity index (χ0n) is 17.3. The average Bonchev–Trinajstić information content (AvgIpc) is 3.02. The number of aromatic nitrogens is 3. The van der Waals surface area contributed by atoms with Crippen molar-refractivity contribution in [1.29, 1.82) is 0 Å². The highest BCUT2D eigenvalue weighted by molar-refractivity contribution is 6.06. The largest absolute Gasteiger partial charge is 0.450 e. The van der Waals surface area contributed by atoms with Crippen LogP contribution in [-0.2, 0) is 11.3 Å². The maximum atomic E-state index is 11.0. The molecule has 0 spiro atoms. The number of nitrogens with zero attached hydrogens (tertiary/aromatic N) is 3. The van der Waals surface area contributed by atoms with Gasteiger partial charge in [-0.25, -0.2) is 14.8 Å². The molecular weight excluding hydrogens is 368 g/mol. The molecule has 3 rings (SSSR count). The van der Waals surface area contributed by atoms with Crippen LogP contribution >= 0.6 is 0 Å². The zero-order valence-corrected chi connectivity index (χ0v) is 17.3. The van der Waals surface area contributed by atoms with Crippen molar-refractivity contribution in [2.75, 3.05) is 18.9 Å². The van der Waals surface area contributed by atoms with E-state index >= 15 is 0 Å². The summed E-state index contributed by atoms with van der Waals surface area (Å²) >= 11 is 0. The van der Waals surface area contributed by atoms with Crippen LogP contribution in [-0.4, -0.2) is 33.8 Å². The van der Waals surface area contributed by atoms with E-state index in [4.69, 9.17) is 26.9 Å².